The molecule has 6 heteroatoms. The molecule has 1 aromatic heterocycles. The van der Waals surface area contributed by atoms with Gasteiger partial charge in [-0.05, 0) is 36.1 Å². The lowest BCUT2D eigenvalue weighted by Crippen LogP contribution is -2.12. The van der Waals surface area contributed by atoms with Crippen LogP contribution in [0.25, 0.3) is 0 Å². The van der Waals surface area contributed by atoms with Crippen molar-refractivity contribution in [3.05, 3.63) is 49.6 Å². The van der Waals surface area contributed by atoms with E-state index < -0.39 is 0 Å². The molecule has 0 unspecified atom stereocenters. The molecule has 2 N–H and O–H groups in total. The first kappa shape index (κ1) is 15.9. The van der Waals surface area contributed by atoms with Gasteiger partial charge < -0.3 is 10.4 Å². The third-order valence-corrected chi connectivity index (χ3v) is 4.57. The summed E-state index contributed by atoms with van der Waals surface area (Å²) in [6.45, 7) is 1.58. The summed E-state index contributed by atoms with van der Waals surface area (Å²) >= 11 is 13.3. The van der Waals surface area contributed by atoms with Crippen molar-refractivity contribution in [3.63, 3.8) is 0 Å². The second-order valence-corrected chi connectivity index (χ2v) is 5.86. The minimum Gasteiger partial charge on any atom is -0.384 e. The van der Waals surface area contributed by atoms with Gasteiger partial charge in [0, 0.05) is 10.6 Å². The van der Waals surface area contributed by atoms with Crippen LogP contribution in [0.1, 0.15) is 20.8 Å². The van der Waals surface area contributed by atoms with Crippen molar-refractivity contribution in [1.82, 2.24) is 0 Å². The maximum atomic E-state index is 12.3. The van der Waals surface area contributed by atoms with Crippen molar-refractivity contribution in [2.75, 3.05) is 11.9 Å². The molecule has 1 amide bonds. The number of carbonyl (C=O) groups excluding carboxylic acids is 1. The Hall–Kier alpha value is -1.51. The largest absolute Gasteiger partial charge is 0.384 e. The molecule has 0 bridgehead atoms. The molecular weight excluding hydrogens is 329 g/mol. The number of amides is 1. The second-order valence-electron chi connectivity index (χ2n) is 4.17. The van der Waals surface area contributed by atoms with E-state index in [1.54, 1.807) is 18.2 Å². The molecule has 0 radical (unpaired) electrons. The van der Waals surface area contributed by atoms with Crippen LogP contribution in [0.15, 0.2) is 23.6 Å². The number of carbonyl (C=O) groups is 1. The fraction of sp³-hybridized carbons (Fsp3) is 0.133. The normalized spacial score (nSPS) is 9.90. The molecular formula is C15H11Cl2NO2S. The van der Waals surface area contributed by atoms with Crippen molar-refractivity contribution >= 4 is 46.1 Å². The van der Waals surface area contributed by atoms with Gasteiger partial charge in [0.1, 0.15) is 11.5 Å². The summed E-state index contributed by atoms with van der Waals surface area (Å²) in [6, 6.07) is 4.96. The van der Waals surface area contributed by atoms with Crippen molar-refractivity contribution < 1.29 is 9.90 Å². The Bertz CT molecular complexity index is 744. The predicted octanol–water partition coefficient (Wildman–Crippen LogP) is 3.96. The Kier molecular flexibility index (Phi) is 5.27. The monoisotopic (exact) mass is 339 g/mol. The summed E-state index contributed by atoms with van der Waals surface area (Å²) in [4.78, 5) is 12.7. The summed E-state index contributed by atoms with van der Waals surface area (Å²) in [5.41, 5.74) is 1.92. The number of benzene rings is 1. The van der Waals surface area contributed by atoms with Gasteiger partial charge in [-0.3, -0.25) is 4.79 Å². The van der Waals surface area contributed by atoms with Gasteiger partial charge in [0.25, 0.3) is 5.91 Å². The highest BCUT2D eigenvalue weighted by atomic mass is 35.5. The highest BCUT2D eigenvalue weighted by molar-refractivity contribution is 7.13. The van der Waals surface area contributed by atoms with Gasteiger partial charge in [-0.25, -0.2) is 0 Å². The molecule has 0 saturated carbocycles. The number of hydrogen-bond acceptors (Lipinski definition) is 3. The Labute approximate surface area is 136 Å². The van der Waals surface area contributed by atoms with Crippen LogP contribution >= 0.6 is 34.5 Å². The SMILES string of the molecule is Cc1csc(C(=O)Nc2cc(Cl)ccc2C#CCO)c1Cl. The number of aryl methyl sites for hydroxylation is 1. The first-order valence-electron chi connectivity index (χ1n) is 5.97. The maximum Gasteiger partial charge on any atom is 0.267 e. The fourth-order valence-corrected chi connectivity index (χ4v) is 2.97. The molecule has 108 valence electrons. The molecule has 0 aliphatic rings. The quantitative estimate of drug-likeness (QED) is 0.813. The summed E-state index contributed by atoms with van der Waals surface area (Å²) < 4.78 is 0. The Morgan fingerprint density at radius 3 is 2.81 bits per heavy atom. The minimum absolute atomic E-state index is 0.258. The van der Waals surface area contributed by atoms with E-state index in [0.717, 1.165) is 5.56 Å². The van der Waals surface area contributed by atoms with Gasteiger partial charge in [0.05, 0.1) is 10.7 Å². The number of nitrogens with one attached hydrogen (secondary N) is 1. The first-order valence-corrected chi connectivity index (χ1v) is 7.60. The molecule has 0 saturated heterocycles. The predicted molar refractivity (Wildman–Crippen MR) is 87.4 cm³/mol. The van der Waals surface area contributed by atoms with Gasteiger partial charge in [0.15, 0.2) is 0 Å². The lowest BCUT2D eigenvalue weighted by atomic mass is 10.1. The summed E-state index contributed by atoms with van der Waals surface area (Å²) in [7, 11) is 0. The molecule has 3 nitrogen and oxygen atoms in total. The highest BCUT2D eigenvalue weighted by Gasteiger charge is 2.16. The molecule has 0 atom stereocenters. The van der Waals surface area contributed by atoms with E-state index in [1.807, 2.05) is 12.3 Å². The minimum atomic E-state index is -0.313. The van der Waals surface area contributed by atoms with E-state index in [2.05, 4.69) is 17.2 Å². The lowest BCUT2D eigenvalue weighted by Gasteiger charge is -2.07. The molecule has 0 spiro atoms. The zero-order chi connectivity index (χ0) is 15.4. The van der Waals surface area contributed by atoms with Gasteiger partial charge in [0.2, 0.25) is 0 Å². The zero-order valence-corrected chi connectivity index (χ0v) is 13.4. The number of rotatable bonds is 2. The molecule has 2 aromatic rings. The van der Waals surface area contributed by atoms with E-state index in [9.17, 15) is 4.79 Å². The van der Waals surface area contributed by atoms with Crippen molar-refractivity contribution in [1.29, 1.82) is 0 Å². The van der Waals surface area contributed by atoms with Gasteiger partial charge in [-0.15, -0.1) is 11.3 Å². The number of aliphatic hydroxyl groups is 1. The first-order chi connectivity index (χ1) is 10.0. The van der Waals surface area contributed by atoms with Gasteiger partial charge >= 0.3 is 0 Å². The average Bonchev–Trinajstić information content (AvgIpc) is 2.78. The number of anilines is 1. The van der Waals surface area contributed by atoms with E-state index in [1.165, 1.54) is 11.3 Å². The molecule has 0 aliphatic heterocycles. The molecule has 2 rings (SSSR count). The van der Waals surface area contributed by atoms with Crippen LogP contribution in [0.2, 0.25) is 10.0 Å². The van der Waals surface area contributed by atoms with Crippen LogP contribution in [-0.2, 0) is 0 Å². The maximum absolute atomic E-state index is 12.3. The molecule has 21 heavy (non-hydrogen) atoms. The topological polar surface area (TPSA) is 49.3 Å². The van der Waals surface area contributed by atoms with E-state index in [4.69, 9.17) is 28.3 Å². The molecule has 0 fully saturated rings. The number of halogens is 2. The summed E-state index contributed by atoms with van der Waals surface area (Å²) in [6.07, 6.45) is 0. The smallest absolute Gasteiger partial charge is 0.267 e. The summed E-state index contributed by atoms with van der Waals surface area (Å²) in [5.74, 6) is 4.99. The summed E-state index contributed by atoms with van der Waals surface area (Å²) in [5, 5.41) is 14.3. The third-order valence-electron chi connectivity index (χ3n) is 2.64. The standard InChI is InChI=1S/C15H11Cl2NO2S/c1-9-8-21-14(13(9)17)15(20)18-12-7-11(16)5-4-10(12)3-2-6-19/h4-5,7-8,19H,6H2,1H3,(H,18,20). The Morgan fingerprint density at radius 2 is 2.19 bits per heavy atom. The van der Waals surface area contributed by atoms with Crippen molar-refractivity contribution in [2.45, 2.75) is 6.92 Å². The van der Waals surface area contributed by atoms with E-state index >= 15 is 0 Å². The lowest BCUT2D eigenvalue weighted by molar-refractivity contribution is 0.103. The van der Waals surface area contributed by atoms with Crippen LogP contribution in [0, 0.1) is 18.8 Å². The average molecular weight is 340 g/mol. The third kappa shape index (κ3) is 3.78. The molecule has 1 heterocycles. The van der Waals surface area contributed by atoms with Crippen LogP contribution < -0.4 is 5.32 Å². The van der Waals surface area contributed by atoms with Crippen LogP contribution in [0.5, 0.6) is 0 Å². The van der Waals surface area contributed by atoms with Crippen LogP contribution in [0.4, 0.5) is 5.69 Å². The van der Waals surface area contributed by atoms with Gasteiger partial charge in [-0.1, -0.05) is 35.0 Å². The Balaban J connectivity index is 2.32. The van der Waals surface area contributed by atoms with Gasteiger partial charge in [-0.2, -0.15) is 0 Å². The van der Waals surface area contributed by atoms with Crippen molar-refractivity contribution in [3.8, 4) is 11.8 Å². The molecule has 1 aromatic carbocycles. The van der Waals surface area contributed by atoms with E-state index in [0.29, 0.717) is 26.2 Å². The van der Waals surface area contributed by atoms with Crippen LogP contribution in [0.3, 0.4) is 0 Å². The van der Waals surface area contributed by atoms with Crippen molar-refractivity contribution in [2.24, 2.45) is 0 Å². The highest BCUT2D eigenvalue weighted by Crippen LogP contribution is 2.29. The molecule has 0 aliphatic carbocycles. The number of thiophene rings is 1. The van der Waals surface area contributed by atoms with E-state index in [-0.39, 0.29) is 12.5 Å². The zero-order valence-electron chi connectivity index (χ0n) is 11.0. The number of aliphatic hydroxyl groups excluding tert-OH is 1. The Morgan fingerprint density at radius 1 is 1.43 bits per heavy atom. The number of hydrogen-bond donors (Lipinski definition) is 2. The van der Waals surface area contributed by atoms with Crippen LogP contribution in [-0.4, -0.2) is 17.6 Å². The fourth-order valence-electron chi connectivity index (χ4n) is 1.63. The second kappa shape index (κ2) is 6.97.